The van der Waals surface area contributed by atoms with Crippen LogP contribution in [0.4, 0.5) is 5.69 Å². The van der Waals surface area contributed by atoms with Gasteiger partial charge in [-0.15, -0.1) is 6.42 Å². The lowest BCUT2D eigenvalue weighted by molar-refractivity contribution is -0.126. The van der Waals surface area contributed by atoms with Crippen LogP contribution in [0.25, 0.3) is 0 Å². The first kappa shape index (κ1) is 21.8. The van der Waals surface area contributed by atoms with Crippen molar-refractivity contribution in [1.82, 2.24) is 5.43 Å². The lowest BCUT2D eigenvalue weighted by Crippen LogP contribution is -2.24. The van der Waals surface area contributed by atoms with Crippen molar-refractivity contribution in [2.24, 2.45) is 5.10 Å². The summed E-state index contributed by atoms with van der Waals surface area (Å²) in [7, 11) is 0. The molecule has 8 heteroatoms. The van der Waals surface area contributed by atoms with Crippen LogP contribution in [0.5, 0.6) is 11.5 Å². The zero-order chi connectivity index (χ0) is 21.1. The molecule has 29 heavy (non-hydrogen) atoms. The first-order chi connectivity index (χ1) is 14.0. The van der Waals surface area contributed by atoms with Crippen LogP contribution in [0.3, 0.4) is 0 Å². The summed E-state index contributed by atoms with van der Waals surface area (Å²) in [6.07, 6.45) is 6.26. The number of hydrazone groups is 1. The first-order valence-electron chi connectivity index (χ1n) is 8.72. The van der Waals surface area contributed by atoms with E-state index in [9.17, 15) is 9.59 Å². The third kappa shape index (κ3) is 7.56. The Labute approximate surface area is 174 Å². The Bertz CT molecular complexity index is 921. The fourth-order valence-electron chi connectivity index (χ4n) is 2.21. The third-order valence-electron chi connectivity index (χ3n) is 3.43. The molecule has 150 valence electrons. The largest absolute Gasteiger partial charge is 0.490 e. The van der Waals surface area contributed by atoms with Crippen LogP contribution >= 0.6 is 11.6 Å². The second kappa shape index (κ2) is 11.4. The summed E-state index contributed by atoms with van der Waals surface area (Å²) in [6, 6.07) is 11.7. The molecule has 0 saturated carbocycles. The minimum Gasteiger partial charge on any atom is -0.490 e. The van der Waals surface area contributed by atoms with Gasteiger partial charge in [-0.05, 0) is 55.0 Å². The highest BCUT2D eigenvalue weighted by atomic mass is 35.5. The van der Waals surface area contributed by atoms with Crippen LogP contribution in [0, 0.1) is 12.3 Å². The number of carbonyl (C=O) groups is 2. The maximum absolute atomic E-state index is 11.9. The summed E-state index contributed by atoms with van der Waals surface area (Å²) < 4.78 is 10.9. The number of nitrogens with zero attached hydrogens (tertiary/aromatic N) is 1. The zero-order valence-corrected chi connectivity index (χ0v) is 16.5. The van der Waals surface area contributed by atoms with Crippen molar-refractivity contribution >= 4 is 35.3 Å². The van der Waals surface area contributed by atoms with Gasteiger partial charge in [-0.2, -0.15) is 5.10 Å². The van der Waals surface area contributed by atoms with Gasteiger partial charge in [-0.25, -0.2) is 5.43 Å². The predicted octanol–water partition coefficient (Wildman–Crippen LogP) is 3.23. The number of benzene rings is 2. The Morgan fingerprint density at radius 2 is 1.90 bits per heavy atom. The molecule has 0 unspecified atom stereocenters. The molecule has 7 nitrogen and oxygen atoms in total. The Morgan fingerprint density at radius 3 is 2.59 bits per heavy atom. The normalized spacial score (nSPS) is 10.2. The highest BCUT2D eigenvalue weighted by Crippen LogP contribution is 2.27. The van der Waals surface area contributed by atoms with Crippen molar-refractivity contribution in [3.8, 4) is 23.8 Å². The Kier molecular flexibility index (Phi) is 8.54. The molecule has 2 N–H and O–H groups in total. The van der Waals surface area contributed by atoms with Crippen LogP contribution in [0.1, 0.15) is 18.9 Å². The molecule has 0 radical (unpaired) electrons. The van der Waals surface area contributed by atoms with Gasteiger partial charge in [-0.1, -0.05) is 17.5 Å². The first-order valence-corrected chi connectivity index (χ1v) is 9.10. The Balaban J connectivity index is 1.88. The molecule has 2 amide bonds. The topological polar surface area (TPSA) is 89.0 Å². The highest BCUT2D eigenvalue weighted by Gasteiger charge is 2.09. The number of nitrogens with one attached hydrogen (secondary N) is 2. The quantitative estimate of drug-likeness (QED) is 0.286. The molecule has 0 saturated heterocycles. The lowest BCUT2D eigenvalue weighted by atomic mass is 10.2. The van der Waals surface area contributed by atoms with Gasteiger partial charge in [0, 0.05) is 10.7 Å². The number of ether oxygens (including phenoxy) is 2. The molecule has 0 aliphatic heterocycles. The van der Waals surface area contributed by atoms with Crippen LogP contribution in [-0.4, -0.2) is 31.2 Å². The SMILES string of the molecule is C#CCOc1ccc(C=NNC(=O)CC(=O)Nc2ccc(Cl)cc2)cc1OCC. The van der Waals surface area contributed by atoms with Crippen molar-refractivity contribution in [1.29, 1.82) is 0 Å². The molecule has 0 bridgehead atoms. The van der Waals surface area contributed by atoms with E-state index in [0.717, 1.165) is 0 Å². The highest BCUT2D eigenvalue weighted by molar-refractivity contribution is 6.30. The van der Waals surface area contributed by atoms with E-state index in [1.54, 1.807) is 42.5 Å². The smallest absolute Gasteiger partial charge is 0.249 e. The molecule has 0 heterocycles. The maximum Gasteiger partial charge on any atom is 0.249 e. The van der Waals surface area contributed by atoms with Crippen molar-refractivity contribution < 1.29 is 19.1 Å². The molecule has 0 aromatic heterocycles. The average Bonchev–Trinajstić information content (AvgIpc) is 2.69. The molecule has 0 atom stereocenters. The number of amides is 2. The molecule has 0 spiro atoms. The van der Waals surface area contributed by atoms with Crippen molar-refractivity contribution in [3.63, 3.8) is 0 Å². The number of terminal acetylenes is 1. The van der Waals surface area contributed by atoms with Gasteiger partial charge >= 0.3 is 0 Å². The van der Waals surface area contributed by atoms with E-state index in [2.05, 4.69) is 21.8 Å². The van der Waals surface area contributed by atoms with E-state index in [0.29, 0.717) is 34.4 Å². The molecule has 2 aromatic rings. The second-order valence-corrected chi connectivity index (χ2v) is 6.09. The molecule has 2 aromatic carbocycles. The average molecular weight is 414 g/mol. The van der Waals surface area contributed by atoms with Crippen molar-refractivity contribution in [2.75, 3.05) is 18.5 Å². The fraction of sp³-hybridized carbons (Fsp3) is 0.190. The third-order valence-corrected chi connectivity index (χ3v) is 3.68. The van der Waals surface area contributed by atoms with E-state index >= 15 is 0 Å². The van der Waals surface area contributed by atoms with E-state index < -0.39 is 11.8 Å². The maximum atomic E-state index is 11.9. The van der Waals surface area contributed by atoms with Crippen LogP contribution < -0.4 is 20.2 Å². The van der Waals surface area contributed by atoms with Crippen LogP contribution in [0.2, 0.25) is 5.02 Å². The van der Waals surface area contributed by atoms with Crippen LogP contribution in [0.15, 0.2) is 47.6 Å². The van der Waals surface area contributed by atoms with Gasteiger partial charge in [0.15, 0.2) is 11.5 Å². The molecular formula is C21H20ClN3O4. The molecular weight excluding hydrogens is 394 g/mol. The van der Waals surface area contributed by atoms with E-state index in [1.807, 2.05) is 6.92 Å². The minimum atomic E-state index is -0.549. The summed E-state index contributed by atoms with van der Waals surface area (Å²) in [4.78, 5) is 23.7. The fourth-order valence-corrected chi connectivity index (χ4v) is 2.34. The zero-order valence-electron chi connectivity index (χ0n) is 15.8. The number of anilines is 1. The lowest BCUT2D eigenvalue weighted by Gasteiger charge is -2.10. The van der Waals surface area contributed by atoms with Gasteiger partial charge < -0.3 is 14.8 Å². The van der Waals surface area contributed by atoms with Gasteiger partial charge in [-0.3, -0.25) is 9.59 Å². The van der Waals surface area contributed by atoms with Crippen molar-refractivity contribution in [2.45, 2.75) is 13.3 Å². The summed E-state index contributed by atoms with van der Waals surface area (Å²) in [5, 5.41) is 7.01. The second-order valence-electron chi connectivity index (χ2n) is 5.66. The summed E-state index contributed by atoms with van der Waals surface area (Å²) >= 11 is 5.78. The van der Waals surface area contributed by atoms with Gasteiger partial charge in [0.05, 0.1) is 12.8 Å². The summed E-state index contributed by atoms with van der Waals surface area (Å²) in [6.45, 7) is 2.43. The van der Waals surface area contributed by atoms with Gasteiger partial charge in [0.1, 0.15) is 13.0 Å². The minimum absolute atomic E-state index is 0.127. The molecule has 0 fully saturated rings. The number of carbonyl (C=O) groups excluding carboxylic acids is 2. The Morgan fingerprint density at radius 1 is 1.14 bits per heavy atom. The molecule has 2 rings (SSSR count). The summed E-state index contributed by atoms with van der Waals surface area (Å²) in [5.41, 5.74) is 3.53. The number of rotatable bonds is 9. The number of hydrogen-bond donors (Lipinski definition) is 2. The molecule has 0 aliphatic rings. The van der Waals surface area contributed by atoms with Gasteiger partial charge in [0.2, 0.25) is 11.8 Å². The standard InChI is InChI=1S/C21H20ClN3O4/c1-3-11-29-18-10-5-15(12-19(18)28-4-2)14-23-25-21(27)13-20(26)24-17-8-6-16(22)7-9-17/h1,5-10,12,14H,4,11,13H2,2H3,(H,24,26)(H,25,27). The number of hydrogen-bond acceptors (Lipinski definition) is 5. The van der Waals surface area contributed by atoms with E-state index in [1.165, 1.54) is 6.21 Å². The number of halogens is 1. The van der Waals surface area contributed by atoms with Gasteiger partial charge in [0.25, 0.3) is 0 Å². The summed E-state index contributed by atoms with van der Waals surface area (Å²) in [5.74, 6) is 2.41. The predicted molar refractivity (Wildman–Crippen MR) is 112 cm³/mol. The van der Waals surface area contributed by atoms with E-state index in [-0.39, 0.29) is 13.0 Å². The van der Waals surface area contributed by atoms with Crippen LogP contribution in [-0.2, 0) is 9.59 Å². The monoisotopic (exact) mass is 413 g/mol. The molecule has 0 aliphatic carbocycles. The Hall–Kier alpha value is -3.50. The van der Waals surface area contributed by atoms with Crippen molar-refractivity contribution in [3.05, 3.63) is 53.1 Å². The van der Waals surface area contributed by atoms with E-state index in [4.69, 9.17) is 27.5 Å².